The Morgan fingerprint density at radius 2 is 2.04 bits per heavy atom. The van der Waals surface area contributed by atoms with Gasteiger partial charge in [-0.2, -0.15) is 0 Å². The van der Waals surface area contributed by atoms with Gasteiger partial charge < -0.3 is 16.0 Å². The minimum Gasteiger partial charge on any atom is -0.357 e. The van der Waals surface area contributed by atoms with Crippen LogP contribution in [-0.2, 0) is 4.79 Å². The predicted molar refractivity (Wildman–Crippen MR) is 96.0 cm³/mol. The van der Waals surface area contributed by atoms with Crippen molar-refractivity contribution in [3.05, 3.63) is 29.3 Å². The molecule has 1 saturated carbocycles. The first-order chi connectivity index (χ1) is 11.1. The molecule has 2 atom stereocenters. The number of aliphatic imine (C=N–C) groups is 1. The van der Waals surface area contributed by atoms with Gasteiger partial charge in [0, 0.05) is 36.3 Å². The minimum atomic E-state index is -0.00343. The van der Waals surface area contributed by atoms with Crippen molar-refractivity contribution in [3.8, 4) is 0 Å². The van der Waals surface area contributed by atoms with Gasteiger partial charge in [-0.15, -0.1) is 0 Å². The van der Waals surface area contributed by atoms with Gasteiger partial charge in [0.1, 0.15) is 0 Å². The number of hydrogen-bond donors (Lipinski definition) is 3. The van der Waals surface area contributed by atoms with Crippen molar-refractivity contribution in [3.63, 3.8) is 0 Å². The zero-order chi connectivity index (χ0) is 16.7. The molecule has 1 aliphatic carbocycles. The van der Waals surface area contributed by atoms with Crippen molar-refractivity contribution < 1.29 is 4.79 Å². The van der Waals surface area contributed by atoms with Crippen LogP contribution in [-0.4, -0.2) is 31.0 Å². The Kier molecular flexibility index (Phi) is 6.71. The lowest BCUT2D eigenvalue weighted by molar-refractivity contribution is -0.116. The summed E-state index contributed by atoms with van der Waals surface area (Å²) >= 11 is 5.82. The summed E-state index contributed by atoms with van der Waals surface area (Å²) < 4.78 is 0. The number of carbonyl (C=O) groups excluding carboxylic acids is 1. The van der Waals surface area contributed by atoms with Crippen LogP contribution < -0.4 is 16.0 Å². The van der Waals surface area contributed by atoms with E-state index in [0.717, 1.165) is 30.5 Å². The summed E-state index contributed by atoms with van der Waals surface area (Å²) in [5, 5.41) is 10.1. The van der Waals surface area contributed by atoms with E-state index in [2.05, 4.69) is 27.9 Å². The molecule has 5 nitrogen and oxygen atoms in total. The Morgan fingerprint density at radius 1 is 1.35 bits per heavy atom. The molecule has 0 bridgehead atoms. The smallest absolute Gasteiger partial charge is 0.224 e. The molecule has 1 aromatic carbocycles. The van der Waals surface area contributed by atoms with Gasteiger partial charge >= 0.3 is 0 Å². The first kappa shape index (κ1) is 17.6. The summed E-state index contributed by atoms with van der Waals surface area (Å²) in [5.41, 5.74) is 0.764. The number of rotatable bonds is 7. The zero-order valence-electron chi connectivity index (χ0n) is 13.7. The highest BCUT2D eigenvalue weighted by molar-refractivity contribution is 6.30. The van der Waals surface area contributed by atoms with E-state index in [1.165, 1.54) is 6.42 Å². The highest BCUT2D eigenvalue weighted by Crippen LogP contribution is 2.28. The molecule has 1 amide bonds. The molecule has 0 saturated heterocycles. The van der Waals surface area contributed by atoms with Gasteiger partial charge in [-0.25, -0.2) is 0 Å². The molecule has 1 aliphatic rings. The first-order valence-corrected chi connectivity index (χ1v) is 8.56. The molecule has 23 heavy (non-hydrogen) atoms. The fraction of sp³-hybridized carbons (Fsp3) is 0.529. The molecule has 0 heterocycles. The lowest BCUT2D eigenvalue weighted by Gasteiger charge is -2.10. The predicted octanol–water partition coefficient (Wildman–Crippen LogP) is 3.02. The van der Waals surface area contributed by atoms with Crippen molar-refractivity contribution in [1.29, 1.82) is 0 Å². The van der Waals surface area contributed by atoms with Gasteiger partial charge in [-0.05, 0) is 49.9 Å². The van der Waals surface area contributed by atoms with Crippen molar-refractivity contribution in [1.82, 2.24) is 10.6 Å². The molecule has 0 aliphatic heterocycles. The average molecular weight is 337 g/mol. The Bertz CT molecular complexity index is 544. The number of hydrogen-bond acceptors (Lipinski definition) is 2. The summed E-state index contributed by atoms with van der Waals surface area (Å²) in [6.07, 6.45) is 2.37. The second kappa shape index (κ2) is 8.77. The zero-order valence-corrected chi connectivity index (χ0v) is 14.5. The Hall–Kier alpha value is -1.75. The third kappa shape index (κ3) is 6.48. The maximum atomic E-state index is 11.9. The second-order valence-corrected chi connectivity index (χ2v) is 6.32. The van der Waals surface area contributed by atoms with Gasteiger partial charge in [0.05, 0.1) is 0 Å². The first-order valence-electron chi connectivity index (χ1n) is 8.18. The summed E-state index contributed by atoms with van der Waals surface area (Å²) in [6, 6.07) is 7.65. The van der Waals surface area contributed by atoms with E-state index in [1.807, 2.05) is 6.92 Å². The standard InChI is InChI=1S/C17H25ClN4O/c1-3-19-17(22-15-11-12(15)2)20-10-4-5-16(23)21-14-8-6-13(18)7-9-14/h6-9,12,15H,3-5,10-11H2,1-2H3,(H,21,23)(H2,19,20,22). The summed E-state index contributed by atoms with van der Waals surface area (Å²) in [5.74, 6) is 1.57. The quantitative estimate of drug-likeness (QED) is 0.407. The third-order valence-corrected chi connectivity index (χ3v) is 3.99. The van der Waals surface area contributed by atoms with Gasteiger partial charge in [0.25, 0.3) is 0 Å². The van der Waals surface area contributed by atoms with Crippen LogP contribution in [0.15, 0.2) is 29.3 Å². The Morgan fingerprint density at radius 3 is 2.65 bits per heavy atom. The lowest BCUT2D eigenvalue weighted by Crippen LogP contribution is -2.39. The van der Waals surface area contributed by atoms with Crippen molar-refractivity contribution >= 4 is 29.2 Å². The fourth-order valence-electron chi connectivity index (χ4n) is 2.21. The van der Waals surface area contributed by atoms with Gasteiger partial charge in [-0.3, -0.25) is 9.79 Å². The molecule has 126 valence electrons. The van der Waals surface area contributed by atoms with E-state index in [9.17, 15) is 4.79 Å². The summed E-state index contributed by atoms with van der Waals surface area (Å²) in [7, 11) is 0. The molecule has 1 fully saturated rings. The van der Waals surface area contributed by atoms with Gasteiger partial charge in [-0.1, -0.05) is 18.5 Å². The van der Waals surface area contributed by atoms with Crippen LogP contribution in [0.4, 0.5) is 5.69 Å². The van der Waals surface area contributed by atoms with Crippen LogP contribution in [0.5, 0.6) is 0 Å². The van der Waals surface area contributed by atoms with E-state index >= 15 is 0 Å². The Labute approximate surface area is 142 Å². The SMILES string of the molecule is CCNC(=NCCCC(=O)Nc1ccc(Cl)cc1)NC1CC1C. The molecule has 2 rings (SSSR count). The molecule has 0 spiro atoms. The highest BCUT2D eigenvalue weighted by atomic mass is 35.5. The molecule has 0 aromatic heterocycles. The summed E-state index contributed by atoms with van der Waals surface area (Å²) in [6.45, 7) is 5.74. The summed E-state index contributed by atoms with van der Waals surface area (Å²) in [4.78, 5) is 16.4. The number of nitrogens with zero attached hydrogens (tertiary/aromatic N) is 1. The average Bonchev–Trinajstić information content (AvgIpc) is 3.21. The molecule has 6 heteroatoms. The van der Waals surface area contributed by atoms with E-state index in [0.29, 0.717) is 24.0 Å². The maximum Gasteiger partial charge on any atom is 0.224 e. The third-order valence-electron chi connectivity index (χ3n) is 3.74. The minimum absolute atomic E-state index is 0.00343. The molecule has 1 aromatic rings. The number of guanidine groups is 1. The van der Waals surface area contributed by atoms with Crippen LogP contribution in [0, 0.1) is 5.92 Å². The van der Waals surface area contributed by atoms with Crippen LogP contribution in [0.2, 0.25) is 5.02 Å². The lowest BCUT2D eigenvalue weighted by atomic mass is 10.2. The molecule has 2 unspecified atom stereocenters. The van der Waals surface area contributed by atoms with E-state index in [4.69, 9.17) is 11.6 Å². The molecular weight excluding hydrogens is 312 g/mol. The number of benzene rings is 1. The van der Waals surface area contributed by atoms with E-state index in [1.54, 1.807) is 24.3 Å². The molecule has 0 radical (unpaired) electrons. The monoisotopic (exact) mass is 336 g/mol. The van der Waals surface area contributed by atoms with Crippen molar-refractivity contribution in [2.45, 2.75) is 39.2 Å². The fourth-order valence-corrected chi connectivity index (χ4v) is 2.33. The van der Waals surface area contributed by atoms with Gasteiger partial charge in [0.2, 0.25) is 5.91 Å². The Balaban J connectivity index is 1.68. The molecule has 3 N–H and O–H groups in total. The maximum absolute atomic E-state index is 11.9. The number of anilines is 1. The number of carbonyl (C=O) groups is 1. The van der Waals surface area contributed by atoms with Crippen LogP contribution in [0.1, 0.15) is 33.1 Å². The van der Waals surface area contributed by atoms with E-state index < -0.39 is 0 Å². The highest BCUT2D eigenvalue weighted by Gasteiger charge is 2.33. The topological polar surface area (TPSA) is 65.5 Å². The van der Waals surface area contributed by atoms with E-state index in [-0.39, 0.29) is 5.91 Å². The van der Waals surface area contributed by atoms with Gasteiger partial charge in [0.15, 0.2) is 5.96 Å². The van der Waals surface area contributed by atoms with Crippen LogP contribution in [0.3, 0.4) is 0 Å². The van der Waals surface area contributed by atoms with Crippen molar-refractivity contribution in [2.75, 3.05) is 18.4 Å². The van der Waals surface area contributed by atoms with Crippen LogP contribution >= 0.6 is 11.6 Å². The largest absolute Gasteiger partial charge is 0.357 e. The van der Waals surface area contributed by atoms with Crippen molar-refractivity contribution in [2.24, 2.45) is 10.9 Å². The molecular formula is C17H25ClN4O. The van der Waals surface area contributed by atoms with Crippen LogP contribution in [0.25, 0.3) is 0 Å². The number of nitrogens with one attached hydrogen (secondary N) is 3. The second-order valence-electron chi connectivity index (χ2n) is 5.88. The number of halogens is 1. The normalized spacial score (nSPS) is 20.0. The number of amides is 1.